The van der Waals surface area contributed by atoms with Crippen LogP contribution in [0.2, 0.25) is 0 Å². The molecule has 4 N–H and O–H groups in total. The van der Waals surface area contributed by atoms with Crippen molar-refractivity contribution in [2.24, 2.45) is 5.41 Å². The third kappa shape index (κ3) is 5.68. The van der Waals surface area contributed by atoms with Crippen LogP contribution in [0.25, 0.3) is 0 Å². The van der Waals surface area contributed by atoms with Crippen molar-refractivity contribution in [2.45, 2.75) is 84.5 Å². The van der Waals surface area contributed by atoms with Gasteiger partial charge in [0.2, 0.25) is 0 Å². The Bertz CT molecular complexity index is 1090. The van der Waals surface area contributed by atoms with Gasteiger partial charge >= 0.3 is 6.09 Å². The topological polar surface area (TPSA) is 122 Å². The number of rotatable bonds is 7. The monoisotopic (exact) mass is 483 g/mol. The number of nitrogens with zero attached hydrogens (tertiary/aromatic N) is 3. The zero-order valence-electron chi connectivity index (χ0n) is 21.5. The summed E-state index contributed by atoms with van der Waals surface area (Å²) in [7, 11) is 1.80. The maximum atomic E-state index is 13.1. The number of pyridine rings is 1. The molecule has 10 nitrogen and oxygen atoms in total. The molecule has 0 atom stereocenters. The first-order valence-corrected chi connectivity index (χ1v) is 12.3. The minimum absolute atomic E-state index is 0.157. The molecular weight excluding hydrogens is 446 g/mol. The zero-order chi connectivity index (χ0) is 25.4. The van der Waals surface area contributed by atoms with E-state index < -0.39 is 5.60 Å². The molecule has 1 spiro atoms. The van der Waals surface area contributed by atoms with Crippen molar-refractivity contribution in [3.05, 3.63) is 29.5 Å². The van der Waals surface area contributed by atoms with Crippen LogP contribution < -0.4 is 21.3 Å². The van der Waals surface area contributed by atoms with Gasteiger partial charge in [0.1, 0.15) is 17.2 Å². The van der Waals surface area contributed by atoms with Gasteiger partial charge in [-0.1, -0.05) is 0 Å². The van der Waals surface area contributed by atoms with E-state index in [1.807, 2.05) is 45.4 Å². The van der Waals surface area contributed by atoms with E-state index in [0.29, 0.717) is 23.0 Å². The second-order valence-electron chi connectivity index (χ2n) is 10.8. The van der Waals surface area contributed by atoms with Gasteiger partial charge in [0.25, 0.3) is 5.91 Å². The summed E-state index contributed by atoms with van der Waals surface area (Å²) in [6.07, 6.45) is 3.50. The predicted octanol–water partition coefficient (Wildman–Crippen LogP) is 4.15. The van der Waals surface area contributed by atoms with Crippen molar-refractivity contribution < 1.29 is 14.3 Å². The molecule has 0 unspecified atom stereocenters. The Balaban J connectivity index is 1.34. The molecule has 0 aliphatic heterocycles. The summed E-state index contributed by atoms with van der Waals surface area (Å²) in [6, 6.07) is 5.81. The van der Waals surface area contributed by atoms with Gasteiger partial charge in [-0.3, -0.25) is 9.48 Å². The Kier molecular flexibility index (Phi) is 6.66. The number of amides is 2. The maximum Gasteiger partial charge on any atom is 0.407 e. The number of nitrogens with one attached hydrogen (secondary N) is 4. The number of carbonyl (C=O) groups excluding carboxylic acids is 2. The SMILES string of the molecule is CCn1nc(NC(=O)c2ccc(NC)nc2NC2CC3(CC(NC(=O)OC(C)(C)C)C3)C2)cc1C. The standard InChI is InChI=1S/C25H37N7O3/c1-7-32-15(2)10-20(31-32)30-22(33)18-8-9-19(26-6)29-21(18)27-16-11-25(12-16)13-17(14-25)28-23(34)35-24(3,4)5/h8-10,16-17H,7,11-14H2,1-6H3,(H,28,34)(H2,26,27,29)(H,30,31,33). The fourth-order valence-electron chi connectivity index (χ4n) is 5.14. The van der Waals surface area contributed by atoms with Crippen molar-refractivity contribution >= 4 is 29.5 Å². The Labute approximate surface area is 206 Å². The number of anilines is 3. The molecule has 2 saturated carbocycles. The van der Waals surface area contributed by atoms with E-state index >= 15 is 0 Å². The molecule has 0 aromatic carbocycles. The van der Waals surface area contributed by atoms with Gasteiger partial charge in [-0.2, -0.15) is 5.10 Å². The van der Waals surface area contributed by atoms with E-state index in [-0.39, 0.29) is 29.5 Å². The van der Waals surface area contributed by atoms with Crippen molar-refractivity contribution in [3.63, 3.8) is 0 Å². The zero-order valence-corrected chi connectivity index (χ0v) is 21.5. The van der Waals surface area contributed by atoms with E-state index in [9.17, 15) is 9.59 Å². The third-order valence-electron chi connectivity index (χ3n) is 6.70. The highest BCUT2D eigenvalue weighted by Gasteiger charge is 2.53. The average molecular weight is 484 g/mol. The lowest BCUT2D eigenvalue weighted by Crippen LogP contribution is -2.59. The first-order valence-electron chi connectivity index (χ1n) is 12.3. The summed E-state index contributed by atoms with van der Waals surface area (Å²) in [5, 5.41) is 16.8. The van der Waals surface area contributed by atoms with Crippen molar-refractivity contribution in [1.29, 1.82) is 0 Å². The van der Waals surface area contributed by atoms with Gasteiger partial charge in [-0.15, -0.1) is 0 Å². The first kappa shape index (κ1) is 24.8. The van der Waals surface area contributed by atoms with Crippen LogP contribution in [0.15, 0.2) is 18.2 Å². The molecule has 10 heteroatoms. The summed E-state index contributed by atoms with van der Waals surface area (Å²) >= 11 is 0. The second-order valence-corrected chi connectivity index (χ2v) is 10.8. The average Bonchev–Trinajstić information content (AvgIpc) is 3.07. The molecule has 0 radical (unpaired) electrons. The van der Waals surface area contributed by atoms with Crippen molar-refractivity contribution in [3.8, 4) is 0 Å². The number of aromatic nitrogens is 3. The van der Waals surface area contributed by atoms with Crippen molar-refractivity contribution in [2.75, 3.05) is 23.0 Å². The molecule has 2 aliphatic carbocycles. The number of ether oxygens (including phenoxy) is 1. The number of alkyl carbamates (subject to hydrolysis) is 1. The summed E-state index contributed by atoms with van der Waals surface area (Å²) in [6.45, 7) is 10.3. The Morgan fingerprint density at radius 1 is 1.14 bits per heavy atom. The molecule has 2 amide bonds. The highest BCUT2D eigenvalue weighted by molar-refractivity contribution is 6.07. The third-order valence-corrected chi connectivity index (χ3v) is 6.70. The quantitative estimate of drug-likeness (QED) is 0.467. The summed E-state index contributed by atoms with van der Waals surface area (Å²) in [5.41, 5.74) is 1.21. The molecule has 35 heavy (non-hydrogen) atoms. The molecule has 0 bridgehead atoms. The lowest BCUT2D eigenvalue weighted by molar-refractivity contribution is -0.0179. The van der Waals surface area contributed by atoms with Crippen LogP contribution in [0.3, 0.4) is 0 Å². The van der Waals surface area contributed by atoms with Crippen LogP contribution in [0.4, 0.5) is 22.2 Å². The van der Waals surface area contributed by atoms with E-state index in [1.54, 1.807) is 19.2 Å². The number of hydrogen-bond acceptors (Lipinski definition) is 7. The highest BCUT2D eigenvalue weighted by atomic mass is 16.6. The lowest BCUT2D eigenvalue weighted by Gasteiger charge is -2.57. The van der Waals surface area contributed by atoms with Crippen molar-refractivity contribution in [1.82, 2.24) is 20.1 Å². The molecule has 2 aromatic rings. The van der Waals surface area contributed by atoms with Crippen LogP contribution in [0.5, 0.6) is 0 Å². The molecule has 2 fully saturated rings. The summed E-state index contributed by atoms with van der Waals surface area (Å²) in [4.78, 5) is 29.7. The van der Waals surface area contributed by atoms with Gasteiger partial charge < -0.3 is 26.0 Å². The van der Waals surface area contributed by atoms with Gasteiger partial charge in [-0.05, 0) is 77.8 Å². The van der Waals surface area contributed by atoms with Crippen LogP contribution in [0.1, 0.15) is 69.4 Å². The number of aryl methyl sites for hydroxylation is 2. The Morgan fingerprint density at radius 3 is 2.43 bits per heavy atom. The normalized spacial score (nSPS) is 23.1. The van der Waals surface area contributed by atoms with Gasteiger partial charge in [0.05, 0.1) is 5.56 Å². The second kappa shape index (κ2) is 9.39. The predicted molar refractivity (Wildman–Crippen MR) is 136 cm³/mol. The highest BCUT2D eigenvalue weighted by Crippen LogP contribution is 2.56. The van der Waals surface area contributed by atoms with E-state index in [0.717, 1.165) is 37.9 Å². The minimum atomic E-state index is -0.495. The number of carbonyl (C=O) groups is 2. The number of hydrogen-bond donors (Lipinski definition) is 4. The summed E-state index contributed by atoms with van der Waals surface area (Å²) < 4.78 is 7.20. The first-order chi connectivity index (χ1) is 16.5. The van der Waals surface area contributed by atoms with E-state index in [2.05, 4.69) is 31.3 Å². The van der Waals surface area contributed by atoms with E-state index in [1.165, 1.54) is 0 Å². The van der Waals surface area contributed by atoms with Crippen LogP contribution in [-0.4, -0.2) is 51.5 Å². The molecule has 2 aliphatic rings. The Morgan fingerprint density at radius 2 is 1.83 bits per heavy atom. The molecule has 2 heterocycles. The Hall–Kier alpha value is -3.30. The fraction of sp³-hybridized carbons (Fsp3) is 0.600. The van der Waals surface area contributed by atoms with E-state index in [4.69, 9.17) is 4.74 Å². The smallest absolute Gasteiger partial charge is 0.407 e. The van der Waals surface area contributed by atoms with Crippen LogP contribution in [-0.2, 0) is 11.3 Å². The van der Waals surface area contributed by atoms with Gasteiger partial charge in [0.15, 0.2) is 5.82 Å². The largest absolute Gasteiger partial charge is 0.444 e. The minimum Gasteiger partial charge on any atom is -0.444 e. The van der Waals surface area contributed by atoms with Gasteiger partial charge in [-0.25, -0.2) is 9.78 Å². The maximum absolute atomic E-state index is 13.1. The molecular formula is C25H37N7O3. The van der Waals surface area contributed by atoms with Crippen LogP contribution in [0, 0.1) is 12.3 Å². The lowest BCUT2D eigenvalue weighted by atomic mass is 9.52. The fourth-order valence-corrected chi connectivity index (χ4v) is 5.14. The van der Waals surface area contributed by atoms with Gasteiger partial charge in [0, 0.05) is 37.4 Å². The molecule has 4 rings (SSSR count). The molecule has 190 valence electrons. The molecule has 2 aromatic heterocycles. The van der Waals surface area contributed by atoms with Crippen LogP contribution >= 0.6 is 0 Å². The summed E-state index contributed by atoms with van der Waals surface area (Å²) in [5.74, 6) is 1.53. The molecule has 0 saturated heterocycles.